The number of carbonyl (C=O) groups is 1. The van der Waals surface area contributed by atoms with E-state index in [2.05, 4.69) is 23.8 Å². The number of rotatable bonds is 8. The van der Waals surface area contributed by atoms with E-state index in [9.17, 15) is 18.0 Å². The number of fused-ring (bicyclic) bond motifs is 2. The molecular formula is C38H33ClF4N6O2. The Bertz CT molecular complexity index is 2260. The summed E-state index contributed by atoms with van der Waals surface area (Å²) >= 11 is 6.19. The van der Waals surface area contributed by atoms with Crippen LogP contribution in [0.3, 0.4) is 0 Å². The molecule has 1 aliphatic rings. The van der Waals surface area contributed by atoms with E-state index in [-0.39, 0.29) is 29.6 Å². The number of para-hydroxylation sites is 1. The highest BCUT2D eigenvalue weighted by atomic mass is 35.5. The zero-order valence-corrected chi connectivity index (χ0v) is 28.8. The van der Waals surface area contributed by atoms with Gasteiger partial charge in [-0.2, -0.15) is 18.3 Å². The third kappa shape index (κ3) is 5.90. The second-order valence-electron chi connectivity index (χ2n) is 12.2. The summed E-state index contributed by atoms with van der Waals surface area (Å²) in [4.78, 5) is 24.0. The van der Waals surface area contributed by atoms with E-state index < -0.39 is 23.5 Å². The van der Waals surface area contributed by atoms with Crippen molar-refractivity contribution in [2.45, 2.75) is 51.7 Å². The van der Waals surface area contributed by atoms with Crippen LogP contribution in [0, 0.1) is 5.82 Å². The van der Waals surface area contributed by atoms with Crippen molar-refractivity contribution in [3.63, 3.8) is 0 Å². The van der Waals surface area contributed by atoms with E-state index in [1.54, 1.807) is 41.4 Å². The maximum absolute atomic E-state index is 16.4. The number of alkyl halides is 4. The summed E-state index contributed by atoms with van der Waals surface area (Å²) < 4.78 is 65.1. The molecule has 0 unspecified atom stereocenters. The highest BCUT2D eigenvalue weighted by Crippen LogP contribution is 2.43. The maximum atomic E-state index is 16.4. The average Bonchev–Trinajstić information content (AvgIpc) is 3.75. The van der Waals surface area contributed by atoms with Crippen molar-refractivity contribution >= 4 is 34.4 Å². The number of carbonyl (C=O) groups excluding carboxylic acids is 1. The number of nitrogens with zero attached hydrogens (tertiary/aromatic N) is 6. The van der Waals surface area contributed by atoms with E-state index in [4.69, 9.17) is 21.4 Å². The molecule has 0 radical (unpaired) electrons. The Balaban J connectivity index is 1.48. The molecule has 0 saturated carbocycles. The van der Waals surface area contributed by atoms with Crippen LogP contribution >= 0.6 is 11.6 Å². The van der Waals surface area contributed by atoms with Crippen LogP contribution in [-0.4, -0.2) is 43.9 Å². The van der Waals surface area contributed by atoms with Gasteiger partial charge in [-0.1, -0.05) is 50.2 Å². The molecular weight excluding hydrogens is 684 g/mol. The summed E-state index contributed by atoms with van der Waals surface area (Å²) in [6.07, 6.45) is 0.419. The molecule has 4 heterocycles. The van der Waals surface area contributed by atoms with Gasteiger partial charge in [-0.25, -0.2) is 19.0 Å². The van der Waals surface area contributed by atoms with Gasteiger partial charge in [0.1, 0.15) is 5.52 Å². The van der Waals surface area contributed by atoms with Crippen LogP contribution in [0.4, 0.5) is 23.5 Å². The Morgan fingerprint density at radius 1 is 0.980 bits per heavy atom. The zero-order valence-electron chi connectivity index (χ0n) is 28.1. The fraction of sp³-hybridized carbons (Fsp3) is 0.263. The van der Waals surface area contributed by atoms with Crippen LogP contribution in [0.2, 0.25) is 0 Å². The quantitative estimate of drug-likeness (QED) is 0.116. The van der Waals surface area contributed by atoms with E-state index in [1.165, 1.54) is 17.7 Å². The first-order valence-corrected chi connectivity index (χ1v) is 17.1. The van der Waals surface area contributed by atoms with E-state index in [0.29, 0.717) is 53.6 Å². The van der Waals surface area contributed by atoms with E-state index in [1.807, 2.05) is 22.9 Å². The van der Waals surface area contributed by atoms with Gasteiger partial charge in [-0.3, -0.25) is 9.36 Å². The largest absolute Gasteiger partial charge is 0.492 e. The highest BCUT2D eigenvalue weighted by Gasteiger charge is 2.34. The number of aromatic nitrogens is 5. The number of aryl methyl sites for hydroxylation is 2. The molecule has 0 atom stereocenters. The fourth-order valence-electron chi connectivity index (χ4n) is 6.90. The molecule has 51 heavy (non-hydrogen) atoms. The van der Waals surface area contributed by atoms with Gasteiger partial charge in [0.15, 0.2) is 11.6 Å². The standard InChI is InChI=1S/C38H33ClF4N6O2/c1-4-22-10-8-11-23(5-2)32(22)49-33(29-21-47(15-14-31(29)46-49)37-44-19-25(20-45-37)38(41,42)43)28-17-30(40)35(51-3)34-27(28)13-16-48(34)36(50)26-12-7-6-9-24(26)18-39/h6-13,16-17,19-20H,4-5,14-15,18,21H2,1-3H3. The van der Waals surface area contributed by atoms with E-state index in [0.717, 1.165) is 40.5 Å². The number of hydrogen-bond acceptors (Lipinski definition) is 6. The Morgan fingerprint density at radius 2 is 1.67 bits per heavy atom. The minimum absolute atomic E-state index is 0.0987. The first-order valence-electron chi connectivity index (χ1n) is 16.5. The molecule has 0 aliphatic carbocycles. The van der Waals surface area contributed by atoms with Crippen molar-refractivity contribution in [2.75, 3.05) is 18.6 Å². The summed E-state index contributed by atoms with van der Waals surface area (Å²) in [6, 6.07) is 16.2. The highest BCUT2D eigenvalue weighted by molar-refractivity contribution is 6.18. The number of methoxy groups -OCH3 is 1. The molecule has 0 saturated heterocycles. The van der Waals surface area contributed by atoms with E-state index >= 15 is 4.39 Å². The van der Waals surface area contributed by atoms with Crippen LogP contribution in [0.15, 0.2) is 73.2 Å². The smallest absolute Gasteiger partial charge is 0.419 e. The predicted octanol–water partition coefficient (Wildman–Crippen LogP) is 8.57. The lowest BCUT2D eigenvalue weighted by Crippen LogP contribution is -2.31. The number of hydrogen-bond donors (Lipinski definition) is 0. The number of benzene rings is 3. The van der Waals surface area contributed by atoms with Gasteiger partial charge < -0.3 is 9.64 Å². The Hall–Kier alpha value is -5.23. The topological polar surface area (TPSA) is 78.1 Å². The van der Waals surface area contributed by atoms with Crippen molar-refractivity contribution in [1.82, 2.24) is 24.3 Å². The Labute approximate surface area is 296 Å². The first kappa shape index (κ1) is 34.2. The SMILES string of the molecule is CCc1cccc(CC)c1-n1nc2c(c1-c1cc(F)c(OC)c3c1ccn3C(=O)c1ccccc1CCl)CN(c1ncc(C(F)(F)F)cn1)CC2. The van der Waals surface area contributed by atoms with Crippen LogP contribution in [0.25, 0.3) is 27.8 Å². The Morgan fingerprint density at radius 3 is 2.31 bits per heavy atom. The summed E-state index contributed by atoms with van der Waals surface area (Å²) in [5, 5.41) is 5.68. The number of anilines is 1. The predicted molar refractivity (Wildman–Crippen MR) is 187 cm³/mol. The lowest BCUT2D eigenvalue weighted by atomic mass is 9.97. The molecule has 7 rings (SSSR count). The van der Waals surface area contributed by atoms with Gasteiger partial charge in [0.2, 0.25) is 5.95 Å². The van der Waals surface area contributed by atoms with Gasteiger partial charge in [0.25, 0.3) is 5.91 Å². The third-order valence-electron chi connectivity index (χ3n) is 9.41. The summed E-state index contributed by atoms with van der Waals surface area (Å²) in [5.74, 6) is -0.937. The molecule has 0 amide bonds. The van der Waals surface area contributed by atoms with Crippen LogP contribution < -0.4 is 9.64 Å². The zero-order chi connectivity index (χ0) is 36.0. The molecule has 6 aromatic rings. The number of halogens is 5. The van der Waals surface area contributed by atoms with Crippen molar-refractivity contribution in [3.05, 3.63) is 118 Å². The van der Waals surface area contributed by atoms with Crippen molar-refractivity contribution in [1.29, 1.82) is 0 Å². The summed E-state index contributed by atoms with van der Waals surface area (Å²) in [7, 11) is 1.35. The second kappa shape index (κ2) is 13.5. The molecule has 0 spiro atoms. The minimum Gasteiger partial charge on any atom is -0.492 e. The van der Waals surface area contributed by atoms with Crippen LogP contribution in [-0.2, 0) is 37.9 Å². The Kier molecular flexibility index (Phi) is 9.05. The third-order valence-corrected chi connectivity index (χ3v) is 9.70. The number of ether oxygens (including phenoxy) is 1. The van der Waals surface area contributed by atoms with Crippen molar-refractivity contribution in [2.24, 2.45) is 0 Å². The van der Waals surface area contributed by atoms with Gasteiger partial charge in [-0.15, -0.1) is 11.6 Å². The van der Waals surface area contributed by atoms with Crippen molar-refractivity contribution in [3.8, 4) is 22.7 Å². The molecule has 3 aromatic heterocycles. The maximum Gasteiger partial charge on any atom is 0.419 e. The minimum atomic E-state index is -4.57. The van der Waals surface area contributed by atoms with Gasteiger partial charge in [0.05, 0.1) is 29.7 Å². The summed E-state index contributed by atoms with van der Waals surface area (Å²) in [5.41, 5.74) is 5.81. The van der Waals surface area contributed by atoms with Crippen LogP contribution in [0.5, 0.6) is 5.75 Å². The average molecular weight is 717 g/mol. The lowest BCUT2D eigenvalue weighted by Gasteiger charge is -2.27. The van der Waals surface area contributed by atoms with Gasteiger partial charge in [0, 0.05) is 66.1 Å². The monoisotopic (exact) mass is 716 g/mol. The molecule has 13 heteroatoms. The molecule has 0 bridgehead atoms. The first-order chi connectivity index (χ1) is 24.6. The molecule has 0 fully saturated rings. The molecule has 1 aliphatic heterocycles. The normalized spacial score (nSPS) is 13.1. The van der Waals surface area contributed by atoms with Crippen LogP contribution in [0.1, 0.15) is 57.7 Å². The lowest BCUT2D eigenvalue weighted by molar-refractivity contribution is -0.138. The van der Waals surface area contributed by atoms with Gasteiger partial charge >= 0.3 is 6.18 Å². The molecule has 8 nitrogen and oxygen atoms in total. The molecule has 262 valence electrons. The van der Waals surface area contributed by atoms with Crippen molar-refractivity contribution < 1.29 is 27.1 Å². The second-order valence-corrected chi connectivity index (χ2v) is 12.5. The fourth-order valence-corrected chi connectivity index (χ4v) is 7.13. The molecule has 3 aromatic carbocycles. The summed E-state index contributed by atoms with van der Waals surface area (Å²) in [6.45, 7) is 4.72. The molecule has 0 N–H and O–H groups in total. The van der Waals surface area contributed by atoms with Gasteiger partial charge in [-0.05, 0) is 47.7 Å².